The van der Waals surface area contributed by atoms with Crippen LogP contribution >= 0.6 is 0 Å². The molecule has 0 aliphatic rings. The number of aromatic nitrogens is 3. The highest BCUT2D eigenvalue weighted by atomic mass is 16.1. The van der Waals surface area contributed by atoms with Gasteiger partial charge in [-0.15, -0.1) is 0 Å². The number of imidazole rings is 1. The van der Waals surface area contributed by atoms with Crippen LogP contribution in [0.3, 0.4) is 0 Å². The van der Waals surface area contributed by atoms with Crippen molar-refractivity contribution in [2.75, 3.05) is 0 Å². The maximum Gasteiger partial charge on any atom is 0.244 e. The minimum atomic E-state index is -0.162. The number of H-pyrrole nitrogens is 1. The van der Waals surface area contributed by atoms with Crippen LogP contribution in [0, 0.1) is 0 Å². The van der Waals surface area contributed by atoms with Gasteiger partial charge in [-0.05, 0) is 17.7 Å². The van der Waals surface area contributed by atoms with Crippen LogP contribution in [0.1, 0.15) is 11.4 Å². The van der Waals surface area contributed by atoms with Crippen molar-refractivity contribution in [3.63, 3.8) is 0 Å². The van der Waals surface area contributed by atoms with Gasteiger partial charge in [-0.25, -0.2) is 4.98 Å². The van der Waals surface area contributed by atoms with Gasteiger partial charge < -0.3 is 10.3 Å². The van der Waals surface area contributed by atoms with Crippen LogP contribution in [-0.2, 0) is 11.3 Å². The number of pyridine rings is 1. The molecule has 0 aliphatic heterocycles. The fourth-order valence-electron chi connectivity index (χ4n) is 1.27. The van der Waals surface area contributed by atoms with E-state index in [4.69, 9.17) is 0 Å². The van der Waals surface area contributed by atoms with E-state index in [0.29, 0.717) is 6.54 Å². The highest BCUT2D eigenvalue weighted by Gasteiger charge is 1.97. The molecule has 0 atom stereocenters. The predicted octanol–water partition coefficient (Wildman–Crippen LogP) is 1.13. The van der Waals surface area contributed by atoms with Crippen LogP contribution in [0.15, 0.2) is 43.0 Å². The first-order valence-corrected chi connectivity index (χ1v) is 5.19. The summed E-state index contributed by atoms with van der Waals surface area (Å²) in [5, 5.41) is 2.72. The number of nitrogens with one attached hydrogen (secondary N) is 2. The highest BCUT2D eigenvalue weighted by molar-refractivity contribution is 5.91. The summed E-state index contributed by atoms with van der Waals surface area (Å²) in [6.45, 7) is 0.392. The molecule has 2 heterocycles. The molecule has 2 aromatic heterocycles. The number of aromatic amines is 1. The number of hydrogen-bond acceptors (Lipinski definition) is 3. The highest BCUT2D eigenvalue weighted by Crippen LogP contribution is 1.98. The average molecular weight is 228 g/mol. The summed E-state index contributed by atoms with van der Waals surface area (Å²) in [4.78, 5) is 22.3. The fourth-order valence-corrected chi connectivity index (χ4v) is 1.27. The van der Waals surface area contributed by atoms with E-state index in [-0.39, 0.29) is 5.91 Å². The van der Waals surface area contributed by atoms with Crippen molar-refractivity contribution in [3.05, 3.63) is 54.4 Å². The lowest BCUT2D eigenvalue weighted by Gasteiger charge is -1.98. The largest absolute Gasteiger partial charge is 0.347 e. The molecular weight excluding hydrogens is 216 g/mol. The molecule has 5 nitrogen and oxygen atoms in total. The molecule has 5 heteroatoms. The maximum absolute atomic E-state index is 11.5. The molecule has 1 amide bonds. The molecule has 0 aliphatic carbocycles. The molecule has 0 saturated heterocycles. The molecule has 2 N–H and O–H groups in total. The third kappa shape index (κ3) is 3.57. The molecule has 0 unspecified atom stereocenters. The van der Waals surface area contributed by atoms with E-state index < -0.39 is 0 Å². The van der Waals surface area contributed by atoms with Gasteiger partial charge in [0.2, 0.25) is 5.91 Å². The second-order valence-corrected chi connectivity index (χ2v) is 3.37. The van der Waals surface area contributed by atoms with Gasteiger partial charge in [-0.2, -0.15) is 0 Å². The van der Waals surface area contributed by atoms with Gasteiger partial charge in [0.25, 0.3) is 0 Å². The molecule has 0 aromatic carbocycles. The van der Waals surface area contributed by atoms with Crippen LogP contribution < -0.4 is 5.32 Å². The Labute approximate surface area is 98.6 Å². The van der Waals surface area contributed by atoms with Crippen LogP contribution in [0.2, 0.25) is 0 Å². The van der Waals surface area contributed by atoms with Crippen LogP contribution in [0.5, 0.6) is 0 Å². The first-order valence-electron chi connectivity index (χ1n) is 5.19. The zero-order valence-corrected chi connectivity index (χ0v) is 9.13. The lowest BCUT2D eigenvalue weighted by molar-refractivity contribution is -0.116. The second-order valence-electron chi connectivity index (χ2n) is 3.37. The van der Waals surface area contributed by atoms with Crippen LogP contribution in [-0.4, -0.2) is 20.9 Å². The first-order chi connectivity index (χ1) is 8.34. The minimum absolute atomic E-state index is 0.162. The van der Waals surface area contributed by atoms with Crippen molar-refractivity contribution >= 4 is 12.0 Å². The summed E-state index contributed by atoms with van der Waals surface area (Å²) >= 11 is 0. The SMILES string of the molecule is O=C(C=Cc1cccnc1)NCc1ncc[nH]1. The van der Waals surface area contributed by atoms with Gasteiger partial charge in [0, 0.05) is 30.9 Å². The summed E-state index contributed by atoms with van der Waals surface area (Å²) in [6, 6.07) is 3.70. The number of nitrogens with zero attached hydrogens (tertiary/aromatic N) is 2. The number of carbonyl (C=O) groups is 1. The molecule has 2 aromatic rings. The van der Waals surface area contributed by atoms with Crippen LogP contribution in [0.25, 0.3) is 6.08 Å². The van der Waals surface area contributed by atoms with Crippen molar-refractivity contribution in [1.29, 1.82) is 0 Å². The number of amides is 1. The number of carbonyl (C=O) groups excluding carboxylic acids is 1. The van der Waals surface area contributed by atoms with Gasteiger partial charge in [-0.3, -0.25) is 9.78 Å². The van der Waals surface area contributed by atoms with Crippen LogP contribution in [0.4, 0.5) is 0 Å². The smallest absolute Gasteiger partial charge is 0.244 e. The summed E-state index contributed by atoms with van der Waals surface area (Å²) in [5.41, 5.74) is 0.889. The quantitative estimate of drug-likeness (QED) is 0.771. The Hall–Kier alpha value is -2.43. The van der Waals surface area contributed by atoms with Gasteiger partial charge in [0.15, 0.2) is 0 Å². The third-order valence-electron chi connectivity index (χ3n) is 2.10. The molecule has 17 heavy (non-hydrogen) atoms. The third-order valence-corrected chi connectivity index (χ3v) is 2.10. The van der Waals surface area contributed by atoms with Crippen molar-refractivity contribution in [2.24, 2.45) is 0 Å². The fraction of sp³-hybridized carbons (Fsp3) is 0.0833. The summed E-state index contributed by atoms with van der Waals surface area (Å²) in [6.07, 6.45) is 9.93. The molecule has 2 rings (SSSR count). The molecule has 0 spiro atoms. The minimum Gasteiger partial charge on any atom is -0.347 e. The van der Waals surface area contributed by atoms with E-state index in [9.17, 15) is 4.79 Å². The molecule has 0 bridgehead atoms. The van der Waals surface area contributed by atoms with E-state index in [1.54, 1.807) is 30.9 Å². The zero-order chi connectivity index (χ0) is 11.9. The molecular formula is C12H12N4O. The Morgan fingerprint density at radius 3 is 3.12 bits per heavy atom. The molecule has 86 valence electrons. The zero-order valence-electron chi connectivity index (χ0n) is 9.13. The van der Waals surface area contributed by atoms with E-state index in [0.717, 1.165) is 11.4 Å². The number of hydrogen-bond donors (Lipinski definition) is 2. The molecule has 0 radical (unpaired) electrons. The topological polar surface area (TPSA) is 70.7 Å². The van der Waals surface area contributed by atoms with Gasteiger partial charge in [-0.1, -0.05) is 6.07 Å². The van der Waals surface area contributed by atoms with Gasteiger partial charge in [0.05, 0.1) is 6.54 Å². The Morgan fingerprint density at radius 2 is 2.41 bits per heavy atom. The Balaban J connectivity index is 1.83. The summed E-state index contributed by atoms with van der Waals surface area (Å²) in [5.74, 6) is 0.568. The van der Waals surface area contributed by atoms with E-state index in [1.807, 2.05) is 12.1 Å². The molecule has 0 saturated carbocycles. The lowest BCUT2D eigenvalue weighted by Crippen LogP contribution is -2.20. The number of rotatable bonds is 4. The van der Waals surface area contributed by atoms with E-state index in [1.165, 1.54) is 6.08 Å². The Morgan fingerprint density at radius 1 is 1.47 bits per heavy atom. The summed E-state index contributed by atoms with van der Waals surface area (Å²) < 4.78 is 0. The van der Waals surface area contributed by atoms with Crippen molar-refractivity contribution in [2.45, 2.75) is 6.54 Å². The Bertz CT molecular complexity index is 490. The second kappa shape index (κ2) is 5.60. The van der Waals surface area contributed by atoms with Crippen molar-refractivity contribution in [1.82, 2.24) is 20.3 Å². The standard InChI is InChI=1S/C12H12N4O/c17-12(16-9-11-14-6-7-15-11)4-3-10-2-1-5-13-8-10/h1-8H,9H2,(H,14,15)(H,16,17). The predicted molar refractivity (Wildman–Crippen MR) is 63.7 cm³/mol. The maximum atomic E-state index is 11.5. The Kier molecular flexibility index (Phi) is 3.64. The summed E-state index contributed by atoms with van der Waals surface area (Å²) in [7, 11) is 0. The van der Waals surface area contributed by atoms with E-state index in [2.05, 4.69) is 20.3 Å². The lowest BCUT2D eigenvalue weighted by atomic mass is 10.2. The van der Waals surface area contributed by atoms with Gasteiger partial charge in [0.1, 0.15) is 5.82 Å². The average Bonchev–Trinajstić information content (AvgIpc) is 2.88. The van der Waals surface area contributed by atoms with E-state index >= 15 is 0 Å². The normalized spacial score (nSPS) is 10.6. The van der Waals surface area contributed by atoms with Gasteiger partial charge >= 0.3 is 0 Å². The first kappa shape index (κ1) is 11.1. The van der Waals surface area contributed by atoms with Crippen molar-refractivity contribution < 1.29 is 4.79 Å². The van der Waals surface area contributed by atoms with Crippen molar-refractivity contribution in [3.8, 4) is 0 Å². The molecule has 0 fully saturated rings. The monoisotopic (exact) mass is 228 g/mol.